The van der Waals surface area contributed by atoms with E-state index in [4.69, 9.17) is 11.6 Å². The molecule has 3 aromatic rings. The number of thiazole rings is 1. The minimum atomic E-state index is 0.716. The molecule has 3 rings (SSSR count). The van der Waals surface area contributed by atoms with Crippen molar-refractivity contribution in [3.8, 4) is 11.3 Å². The molecule has 116 valence electrons. The Morgan fingerprint density at radius 1 is 1.17 bits per heavy atom. The van der Waals surface area contributed by atoms with Crippen LogP contribution in [0.4, 0.5) is 0 Å². The summed E-state index contributed by atoms with van der Waals surface area (Å²) < 4.78 is 2.87. The van der Waals surface area contributed by atoms with Gasteiger partial charge in [0.1, 0.15) is 0 Å². The topological polar surface area (TPSA) is 29.6 Å². The van der Waals surface area contributed by atoms with E-state index in [1.54, 1.807) is 18.4 Å². The third-order valence-corrected chi connectivity index (χ3v) is 4.84. The summed E-state index contributed by atoms with van der Waals surface area (Å²) in [5.74, 6) is 0. The zero-order valence-electron chi connectivity index (χ0n) is 12.3. The molecule has 0 unspecified atom stereocenters. The maximum absolute atomic E-state index is 5.97. The largest absolute Gasteiger partial charge is 0.261 e. The Balaban J connectivity index is 2.04. The van der Waals surface area contributed by atoms with Gasteiger partial charge in [0.15, 0.2) is 0 Å². The predicted octanol–water partition coefficient (Wildman–Crippen LogP) is 5.05. The molecule has 0 spiro atoms. The number of rotatable bonds is 3. The number of hydrogen-bond acceptors (Lipinski definition) is 3. The van der Waals surface area contributed by atoms with E-state index in [1.807, 2.05) is 64.8 Å². The van der Waals surface area contributed by atoms with Crippen LogP contribution in [0.2, 0.25) is 5.02 Å². The third-order valence-electron chi connectivity index (χ3n) is 3.19. The van der Waals surface area contributed by atoms with Crippen molar-refractivity contribution in [2.24, 2.45) is 10.1 Å². The Labute approximate surface area is 151 Å². The van der Waals surface area contributed by atoms with Crippen molar-refractivity contribution < 1.29 is 0 Å². The summed E-state index contributed by atoms with van der Waals surface area (Å²) in [6, 6.07) is 15.7. The quantitative estimate of drug-likeness (QED) is 0.545. The first-order chi connectivity index (χ1) is 11.2. The molecule has 0 N–H and O–H groups in total. The molecule has 0 bridgehead atoms. The van der Waals surface area contributed by atoms with Gasteiger partial charge in [-0.15, -0.1) is 11.3 Å². The van der Waals surface area contributed by atoms with Crippen molar-refractivity contribution in [1.29, 1.82) is 0 Å². The summed E-state index contributed by atoms with van der Waals surface area (Å²) in [7, 11) is 1.77. The van der Waals surface area contributed by atoms with Gasteiger partial charge >= 0.3 is 0 Å². The highest BCUT2D eigenvalue weighted by molar-refractivity contribution is 9.10. The lowest BCUT2D eigenvalue weighted by molar-refractivity contribution is 0.848. The van der Waals surface area contributed by atoms with Crippen LogP contribution in [0.3, 0.4) is 0 Å². The summed E-state index contributed by atoms with van der Waals surface area (Å²) in [6.45, 7) is 0. The zero-order chi connectivity index (χ0) is 16.2. The molecule has 23 heavy (non-hydrogen) atoms. The average Bonchev–Trinajstić information content (AvgIpc) is 2.96. The van der Waals surface area contributed by atoms with Gasteiger partial charge in [-0.3, -0.25) is 4.99 Å². The third kappa shape index (κ3) is 3.80. The summed E-state index contributed by atoms with van der Waals surface area (Å²) in [4.78, 5) is 5.13. The van der Waals surface area contributed by atoms with Crippen molar-refractivity contribution in [1.82, 2.24) is 4.68 Å². The Morgan fingerprint density at radius 3 is 2.65 bits per heavy atom. The van der Waals surface area contributed by atoms with E-state index in [9.17, 15) is 0 Å². The Bertz CT molecular complexity index is 910. The van der Waals surface area contributed by atoms with Gasteiger partial charge in [0.2, 0.25) is 4.80 Å². The first kappa shape index (κ1) is 16.2. The molecule has 1 aromatic heterocycles. The molecule has 0 saturated heterocycles. The summed E-state index contributed by atoms with van der Waals surface area (Å²) >= 11 is 11.0. The summed E-state index contributed by atoms with van der Waals surface area (Å²) in [6.07, 6.45) is 1.82. The van der Waals surface area contributed by atoms with Gasteiger partial charge in [-0.1, -0.05) is 51.8 Å². The lowest BCUT2D eigenvalue weighted by Crippen LogP contribution is -2.11. The van der Waals surface area contributed by atoms with Crippen LogP contribution in [-0.2, 0) is 0 Å². The Kier molecular flexibility index (Phi) is 5.10. The molecule has 6 heteroatoms. The number of hydrogen-bond donors (Lipinski definition) is 0. The SMILES string of the molecule is CN=c1scc(-c2ccc(Cl)cc2)n1/N=C\c1cccc(Br)c1. The molecular formula is C17H13BrClN3S. The molecule has 0 amide bonds. The van der Waals surface area contributed by atoms with Crippen LogP contribution < -0.4 is 4.80 Å². The highest BCUT2D eigenvalue weighted by Crippen LogP contribution is 2.22. The van der Waals surface area contributed by atoms with E-state index in [2.05, 4.69) is 26.0 Å². The fourth-order valence-corrected chi connectivity index (χ4v) is 3.44. The number of aromatic nitrogens is 1. The van der Waals surface area contributed by atoms with Crippen molar-refractivity contribution in [3.05, 3.63) is 73.8 Å². The van der Waals surface area contributed by atoms with Gasteiger partial charge < -0.3 is 0 Å². The standard InChI is InChI=1S/C17H13BrClN3S/c1-20-17-22(21-10-12-3-2-4-14(18)9-12)16(11-23-17)13-5-7-15(19)8-6-13/h2-11H,1H3/b20-17?,21-10-. The molecule has 3 nitrogen and oxygen atoms in total. The number of nitrogens with zero attached hydrogens (tertiary/aromatic N) is 3. The van der Waals surface area contributed by atoms with Crippen LogP contribution in [0.5, 0.6) is 0 Å². The normalized spacial score (nSPS) is 12.2. The van der Waals surface area contributed by atoms with Crippen molar-refractivity contribution in [2.75, 3.05) is 7.05 Å². The molecular weight excluding hydrogens is 394 g/mol. The lowest BCUT2D eigenvalue weighted by atomic mass is 10.2. The highest BCUT2D eigenvalue weighted by atomic mass is 79.9. The lowest BCUT2D eigenvalue weighted by Gasteiger charge is -2.03. The van der Waals surface area contributed by atoms with Gasteiger partial charge in [0.25, 0.3) is 0 Å². The van der Waals surface area contributed by atoms with Crippen LogP contribution in [0.25, 0.3) is 11.3 Å². The van der Waals surface area contributed by atoms with Crippen LogP contribution in [0.15, 0.2) is 68.5 Å². The molecule has 0 aliphatic rings. The van der Waals surface area contributed by atoms with Crippen LogP contribution in [0, 0.1) is 0 Å². The molecule has 0 aliphatic heterocycles. The maximum Gasteiger partial charge on any atom is 0.205 e. The van der Waals surface area contributed by atoms with E-state index >= 15 is 0 Å². The second kappa shape index (κ2) is 7.25. The van der Waals surface area contributed by atoms with Gasteiger partial charge in [-0.05, 0) is 29.8 Å². The number of benzene rings is 2. The van der Waals surface area contributed by atoms with Gasteiger partial charge in [-0.25, -0.2) is 4.68 Å². The van der Waals surface area contributed by atoms with Gasteiger partial charge in [-0.2, -0.15) is 5.10 Å². The van der Waals surface area contributed by atoms with Crippen LogP contribution in [0.1, 0.15) is 5.56 Å². The van der Waals surface area contributed by atoms with Crippen molar-refractivity contribution in [2.45, 2.75) is 0 Å². The van der Waals surface area contributed by atoms with E-state index in [-0.39, 0.29) is 0 Å². The van der Waals surface area contributed by atoms with E-state index in [0.717, 1.165) is 26.1 Å². The zero-order valence-corrected chi connectivity index (χ0v) is 15.4. The predicted molar refractivity (Wildman–Crippen MR) is 101 cm³/mol. The van der Waals surface area contributed by atoms with Crippen LogP contribution >= 0.6 is 38.9 Å². The first-order valence-corrected chi connectivity index (χ1v) is 8.91. The molecule has 0 fully saturated rings. The van der Waals surface area contributed by atoms with E-state index in [1.165, 1.54) is 0 Å². The Morgan fingerprint density at radius 2 is 1.96 bits per heavy atom. The number of halogens is 2. The van der Waals surface area contributed by atoms with Gasteiger partial charge in [0, 0.05) is 27.5 Å². The molecule has 0 atom stereocenters. The monoisotopic (exact) mass is 405 g/mol. The van der Waals surface area contributed by atoms with Crippen LogP contribution in [-0.4, -0.2) is 17.9 Å². The molecule has 2 aromatic carbocycles. The van der Waals surface area contributed by atoms with Gasteiger partial charge in [0.05, 0.1) is 11.9 Å². The minimum absolute atomic E-state index is 0.716. The first-order valence-electron chi connectivity index (χ1n) is 6.86. The smallest absolute Gasteiger partial charge is 0.205 e. The summed E-state index contributed by atoms with van der Waals surface area (Å²) in [5, 5.41) is 7.36. The molecule has 0 saturated carbocycles. The summed E-state index contributed by atoms with van der Waals surface area (Å²) in [5.41, 5.74) is 3.05. The minimum Gasteiger partial charge on any atom is -0.261 e. The highest BCUT2D eigenvalue weighted by Gasteiger charge is 2.06. The average molecular weight is 407 g/mol. The fourth-order valence-electron chi connectivity index (χ4n) is 2.09. The fraction of sp³-hybridized carbons (Fsp3) is 0.0588. The van der Waals surface area contributed by atoms with Crippen molar-refractivity contribution in [3.63, 3.8) is 0 Å². The van der Waals surface area contributed by atoms with E-state index < -0.39 is 0 Å². The molecule has 0 aliphatic carbocycles. The second-order valence-electron chi connectivity index (χ2n) is 4.75. The van der Waals surface area contributed by atoms with Crippen molar-refractivity contribution >= 4 is 45.1 Å². The Hall–Kier alpha value is -1.69. The molecule has 1 heterocycles. The van der Waals surface area contributed by atoms with E-state index in [0.29, 0.717) is 5.02 Å². The maximum atomic E-state index is 5.97. The second-order valence-corrected chi connectivity index (χ2v) is 6.93. The molecule has 0 radical (unpaired) electrons.